The molecule has 1 atom stereocenters. The molecule has 2 aromatic rings. The Balaban J connectivity index is 1.50. The molecule has 2 heterocycles. The Morgan fingerprint density at radius 3 is 2.92 bits per heavy atom. The van der Waals surface area contributed by atoms with Crippen LogP contribution in [0.25, 0.3) is 0 Å². The number of nitrogens with zero attached hydrogens (tertiary/aromatic N) is 2. The molecule has 0 fully saturated rings. The number of rotatable bonds is 5. The van der Waals surface area contributed by atoms with E-state index in [0.29, 0.717) is 24.5 Å². The van der Waals surface area contributed by atoms with E-state index in [2.05, 4.69) is 15.7 Å². The predicted octanol–water partition coefficient (Wildman–Crippen LogP) is 1.41. The summed E-state index contributed by atoms with van der Waals surface area (Å²) < 4.78 is 7.45. The van der Waals surface area contributed by atoms with Crippen molar-refractivity contribution in [1.29, 1.82) is 0 Å². The van der Waals surface area contributed by atoms with Crippen LogP contribution in [0.15, 0.2) is 30.3 Å². The summed E-state index contributed by atoms with van der Waals surface area (Å²) >= 11 is 0. The number of ether oxygens (including phenoxy) is 1. The number of nitrogens with one attached hydrogen (secondary N) is 2. The van der Waals surface area contributed by atoms with Gasteiger partial charge in [-0.05, 0) is 32.0 Å². The molecule has 0 saturated carbocycles. The summed E-state index contributed by atoms with van der Waals surface area (Å²) in [7, 11) is 0. The molecule has 7 nitrogen and oxygen atoms in total. The van der Waals surface area contributed by atoms with Gasteiger partial charge in [-0.2, -0.15) is 5.10 Å². The highest BCUT2D eigenvalue weighted by molar-refractivity contribution is 5.99. The second-order valence-corrected chi connectivity index (χ2v) is 5.80. The third-order valence-electron chi connectivity index (χ3n) is 3.83. The molecule has 0 bridgehead atoms. The number of amides is 2. The van der Waals surface area contributed by atoms with Crippen molar-refractivity contribution in [1.82, 2.24) is 15.1 Å². The molecule has 1 aliphatic rings. The van der Waals surface area contributed by atoms with Crippen molar-refractivity contribution < 1.29 is 14.3 Å². The number of aryl methyl sites for hydroxylation is 2. The molecule has 3 rings (SSSR count). The van der Waals surface area contributed by atoms with E-state index in [1.54, 1.807) is 12.1 Å². The summed E-state index contributed by atoms with van der Waals surface area (Å²) in [6, 6.07) is 9.15. The van der Waals surface area contributed by atoms with Gasteiger partial charge in [-0.25, -0.2) is 0 Å². The number of anilines is 1. The summed E-state index contributed by atoms with van der Waals surface area (Å²) in [5.41, 5.74) is 2.63. The van der Waals surface area contributed by atoms with Gasteiger partial charge < -0.3 is 15.4 Å². The lowest BCUT2D eigenvalue weighted by molar-refractivity contribution is -0.130. The van der Waals surface area contributed by atoms with Gasteiger partial charge in [0.25, 0.3) is 5.91 Å². The van der Waals surface area contributed by atoms with Crippen LogP contribution in [0, 0.1) is 13.8 Å². The van der Waals surface area contributed by atoms with E-state index in [1.807, 2.05) is 36.7 Å². The fourth-order valence-corrected chi connectivity index (χ4v) is 2.67. The summed E-state index contributed by atoms with van der Waals surface area (Å²) in [6.45, 7) is 4.94. The van der Waals surface area contributed by atoms with Gasteiger partial charge in [0.15, 0.2) is 6.10 Å². The van der Waals surface area contributed by atoms with Crippen molar-refractivity contribution in [3.05, 3.63) is 41.7 Å². The van der Waals surface area contributed by atoms with Crippen molar-refractivity contribution >= 4 is 17.5 Å². The highest BCUT2D eigenvalue weighted by Crippen LogP contribution is 2.29. The standard InChI is InChI=1S/C17H20N4O3/c1-11-9-12(2)21(20-11)8-7-18-16(22)10-15-17(23)19-13-5-3-4-6-14(13)24-15/h3-6,9,15H,7-8,10H2,1-2H3,(H,18,22)(H,19,23). The first-order chi connectivity index (χ1) is 11.5. The van der Waals surface area contributed by atoms with Crippen molar-refractivity contribution in [3.63, 3.8) is 0 Å². The quantitative estimate of drug-likeness (QED) is 0.869. The topological polar surface area (TPSA) is 85.3 Å². The van der Waals surface area contributed by atoms with E-state index in [1.165, 1.54) is 0 Å². The Morgan fingerprint density at radius 2 is 2.17 bits per heavy atom. The molecule has 0 aliphatic carbocycles. The van der Waals surface area contributed by atoms with Gasteiger partial charge in [0.1, 0.15) is 5.75 Å². The van der Waals surface area contributed by atoms with E-state index < -0.39 is 6.10 Å². The van der Waals surface area contributed by atoms with Crippen LogP contribution in [0.5, 0.6) is 5.75 Å². The first kappa shape index (κ1) is 16.0. The highest BCUT2D eigenvalue weighted by atomic mass is 16.5. The van der Waals surface area contributed by atoms with Crippen LogP contribution < -0.4 is 15.4 Å². The number of carbonyl (C=O) groups is 2. The maximum Gasteiger partial charge on any atom is 0.266 e. The van der Waals surface area contributed by atoms with E-state index in [9.17, 15) is 9.59 Å². The van der Waals surface area contributed by atoms with Gasteiger partial charge >= 0.3 is 0 Å². The van der Waals surface area contributed by atoms with Crippen molar-refractivity contribution in [2.24, 2.45) is 0 Å². The molecule has 1 aromatic heterocycles. The number of aromatic nitrogens is 2. The number of carbonyl (C=O) groups excluding carboxylic acids is 2. The van der Waals surface area contributed by atoms with Crippen molar-refractivity contribution in [2.45, 2.75) is 32.9 Å². The normalized spacial score (nSPS) is 16.1. The summed E-state index contributed by atoms with van der Waals surface area (Å²) in [5.74, 6) is 0.0519. The number of para-hydroxylation sites is 2. The second-order valence-electron chi connectivity index (χ2n) is 5.80. The van der Waals surface area contributed by atoms with Crippen LogP contribution in [0.4, 0.5) is 5.69 Å². The first-order valence-corrected chi connectivity index (χ1v) is 7.87. The highest BCUT2D eigenvalue weighted by Gasteiger charge is 2.29. The molecular formula is C17H20N4O3. The molecule has 2 amide bonds. The minimum Gasteiger partial charge on any atom is -0.478 e. The molecule has 0 radical (unpaired) electrons. The van der Waals surface area contributed by atoms with Gasteiger partial charge in [-0.15, -0.1) is 0 Å². The van der Waals surface area contributed by atoms with Crippen LogP contribution in [-0.2, 0) is 16.1 Å². The predicted molar refractivity (Wildman–Crippen MR) is 88.8 cm³/mol. The first-order valence-electron chi connectivity index (χ1n) is 7.87. The van der Waals surface area contributed by atoms with E-state index in [0.717, 1.165) is 11.4 Å². The number of hydrogen-bond acceptors (Lipinski definition) is 4. The molecule has 126 valence electrons. The monoisotopic (exact) mass is 328 g/mol. The van der Waals surface area contributed by atoms with Gasteiger partial charge in [-0.3, -0.25) is 14.3 Å². The molecule has 1 aromatic carbocycles. The molecule has 24 heavy (non-hydrogen) atoms. The maximum absolute atomic E-state index is 12.0. The van der Waals surface area contributed by atoms with Gasteiger partial charge in [0.2, 0.25) is 5.91 Å². The second kappa shape index (κ2) is 6.74. The third kappa shape index (κ3) is 3.56. The van der Waals surface area contributed by atoms with Crippen LogP contribution in [0.1, 0.15) is 17.8 Å². The lowest BCUT2D eigenvalue weighted by Gasteiger charge is -2.25. The zero-order valence-electron chi connectivity index (χ0n) is 13.7. The number of fused-ring (bicyclic) bond motifs is 1. The smallest absolute Gasteiger partial charge is 0.266 e. The Hall–Kier alpha value is -2.83. The zero-order valence-corrected chi connectivity index (χ0v) is 13.7. The van der Waals surface area contributed by atoms with Crippen molar-refractivity contribution in [2.75, 3.05) is 11.9 Å². The Bertz CT molecular complexity index is 769. The molecule has 0 saturated heterocycles. The van der Waals surface area contributed by atoms with E-state index >= 15 is 0 Å². The molecule has 2 N–H and O–H groups in total. The number of hydrogen-bond donors (Lipinski definition) is 2. The molecule has 7 heteroatoms. The maximum atomic E-state index is 12.0. The zero-order chi connectivity index (χ0) is 17.1. The van der Waals surface area contributed by atoms with Crippen LogP contribution in [0.2, 0.25) is 0 Å². The Morgan fingerprint density at radius 1 is 1.38 bits per heavy atom. The fourth-order valence-electron chi connectivity index (χ4n) is 2.67. The minimum absolute atomic E-state index is 0.0166. The van der Waals surface area contributed by atoms with Crippen LogP contribution in [-0.4, -0.2) is 34.2 Å². The molecule has 1 unspecified atom stereocenters. The largest absolute Gasteiger partial charge is 0.478 e. The Kier molecular flexibility index (Phi) is 4.50. The minimum atomic E-state index is -0.811. The van der Waals surface area contributed by atoms with E-state index in [4.69, 9.17) is 4.74 Å². The summed E-state index contributed by atoms with van der Waals surface area (Å²) in [4.78, 5) is 24.1. The fraction of sp³-hybridized carbons (Fsp3) is 0.353. The molecule has 0 spiro atoms. The Labute approximate surface area is 140 Å². The summed E-state index contributed by atoms with van der Waals surface area (Å²) in [5, 5.41) is 9.89. The SMILES string of the molecule is Cc1cc(C)n(CCNC(=O)CC2Oc3ccccc3NC2=O)n1. The summed E-state index contributed by atoms with van der Waals surface area (Å²) in [6.07, 6.45) is -0.828. The van der Waals surface area contributed by atoms with Crippen LogP contribution >= 0.6 is 0 Å². The lowest BCUT2D eigenvalue weighted by atomic mass is 10.1. The van der Waals surface area contributed by atoms with Gasteiger partial charge in [-0.1, -0.05) is 12.1 Å². The van der Waals surface area contributed by atoms with Gasteiger partial charge in [0.05, 0.1) is 24.3 Å². The number of benzene rings is 1. The molecular weight excluding hydrogens is 308 g/mol. The van der Waals surface area contributed by atoms with Gasteiger partial charge in [0, 0.05) is 12.2 Å². The average molecular weight is 328 g/mol. The molecule has 1 aliphatic heterocycles. The average Bonchev–Trinajstić information content (AvgIpc) is 2.86. The lowest BCUT2D eigenvalue weighted by Crippen LogP contribution is -2.41. The van der Waals surface area contributed by atoms with Crippen LogP contribution in [0.3, 0.4) is 0 Å². The third-order valence-corrected chi connectivity index (χ3v) is 3.83. The van der Waals surface area contributed by atoms with Crippen molar-refractivity contribution in [3.8, 4) is 5.75 Å². The van der Waals surface area contributed by atoms with E-state index in [-0.39, 0.29) is 18.2 Å².